The Morgan fingerprint density at radius 1 is 1.21 bits per heavy atom. The van der Waals surface area contributed by atoms with Gasteiger partial charge in [0.1, 0.15) is 6.61 Å². The van der Waals surface area contributed by atoms with Crippen LogP contribution in [0.15, 0.2) is 11.0 Å². The van der Waals surface area contributed by atoms with Gasteiger partial charge in [-0.2, -0.15) is 0 Å². The third-order valence-corrected chi connectivity index (χ3v) is 3.85. The standard InChI is InChI=1S/C7H9NO2S.C5H7NOS/c1-5-7(8-4-11-5)3-10-6(2)9;1-4-5(2-7)6-3-8-4/h4H,3H2,1-2H3;3,7H,2H2,1H3. The summed E-state index contributed by atoms with van der Waals surface area (Å²) in [5.74, 6) is -0.266. The minimum Gasteiger partial charge on any atom is -0.459 e. The van der Waals surface area contributed by atoms with Gasteiger partial charge >= 0.3 is 5.97 Å². The second-order valence-electron chi connectivity index (χ2n) is 3.65. The normalized spacial score (nSPS) is 9.68. The van der Waals surface area contributed by atoms with Crippen LogP contribution in [-0.2, 0) is 22.7 Å². The van der Waals surface area contributed by atoms with E-state index in [1.807, 2.05) is 13.8 Å². The largest absolute Gasteiger partial charge is 0.459 e. The molecule has 0 spiro atoms. The number of aromatic nitrogens is 2. The van der Waals surface area contributed by atoms with Crippen LogP contribution < -0.4 is 0 Å². The molecule has 0 saturated carbocycles. The van der Waals surface area contributed by atoms with Crippen molar-refractivity contribution in [2.75, 3.05) is 0 Å². The van der Waals surface area contributed by atoms with Gasteiger partial charge in [-0.25, -0.2) is 9.97 Å². The first kappa shape index (κ1) is 15.7. The van der Waals surface area contributed by atoms with Gasteiger partial charge in [-0.1, -0.05) is 0 Å². The molecule has 0 aromatic carbocycles. The number of aryl methyl sites for hydroxylation is 2. The number of hydrogen-bond donors (Lipinski definition) is 1. The Balaban J connectivity index is 0.000000200. The monoisotopic (exact) mass is 300 g/mol. The van der Waals surface area contributed by atoms with Crippen LogP contribution in [0.2, 0.25) is 0 Å². The maximum Gasteiger partial charge on any atom is 0.303 e. The third kappa shape index (κ3) is 5.46. The van der Waals surface area contributed by atoms with Crippen molar-refractivity contribution in [1.82, 2.24) is 9.97 Å². The quantitative estimate of drug-likeness (QED) is 0.882. The molecule has 0 unspecified atom stereocenters. The van der Waals surface area contributed by atoms with Crippen molar-refractivity contribution in [1.29, 1.82) is 0 Å². The highest BCUT2D eigenvalue weighted by molar-refractivity contribution is 7.09. The van der Waals surface area contributed by atoms with E-state index in [4.69, 9.17) is 9.84 Å². The van der Waals surface area contributed by atoms with Gasteiger partial charge in [0, 0.05) is 16.7 Å². The summed E-state index contributed by atoms with van der Waals surface area (Å²) in [4.78, 5) is 20.5. The predicted molar refractivity (Wildman–Crippen MR) is 75.1 cm³/mol. The zero-order valence-electron chi connectivity index (χ0n) is 11.0. The Bertz CT molecular complexity index is 523. The van der Waals surface area contributed by atoms with E-state index in [0.29, 0.717) is 6.61 Å². The predicted octanol–water partition coefficient (Wildman–Crippen LogP) is 2.46. The van der Waals surface area contributed by atoms with Gasteiger partial charge in [0.25, 0.3) is 0 Å². The molecule has 19 heavy (non-hydrogen) atoms. The van der Waals surface area contributed by atoms with Crippen LogP contribution in [0.4, 0.5) is 0 Å². The maximum atomic E-state index is 10.4. The fourth-order valence-electron chi connectivity index (χ4n) is 1.12. The summed E-state index contributed by atoms with van der Waals surface area (Å²) in [5, 5.41) is 8.55. The SMILES string of the molecule is CC(=O)OCc1ncsc1C.Cc1scnc1CO. The van der Waals surface area contributed by atoms with Crippen molar-refractivity contribution >= 4 is 28.6 Å². The number of aliphatic hydroxyl groups is 1. The Morgan fingerprint density at radius 2 is 1.74 bits per heavy atom. The fourth-order valence-corrected chi connectivity index (χ4v) is 2.29. The van der Waals surface area contributed by atoms with Crippen molar-refractivity contribution in [2.45, 2.75) is 34.0 Å². The summed E-state index contributed by atoms with van der Waals surface area (Å²) in [6.45, 7) is 5.65. The molecule has 104 valence electrons. The molecule has 0 aliphatic carbocycles. The molecule has 0 radical (unpaired) electrons. The first-order chi connectivity index (χ1) is 9.04. The molecular weight excluding hydrogens is 284 g/mol. The highest BCUT2D eigenvalue weighted by Crippen LogP contribution is 2.11. The molecule has 2 aromatic heterocycles. The molecule has 0 fully saturated rings. The molecule has 0 atom stereocenters. The van der Waals surface area contributed by atoms with Gasteiger partial charge < -0.3 is 9.84 Å². The molecule has 7 heteroatoms. The molecular formula is C12H16N2O3S2. The Morgan fingerprint density at radius 3 is 2.05 bits per heavy atom. The van der Waals surface area contributed by atoms with Crippen LogP contribution in [0.25, 0.3) is 0 Å². The lowest BCUT2D eigenvalue weighted by molar-refractivity contribution is -0.142. The van der Waals surface area contributed by atoms with E-state index in [-0.39, 0.29) is 12.6 Å². The van der Waals surface area contributed by atoms with Gasteiger partial charge in [-0.3, -0.25) is 4.79 Å². The lowest BCUT2D eigenvalue weighted by Gasteiger charge is -1.97. The van der Waals surface area contributed by atoms with E-state index in [9.17, 15) is 4.79 Å². The highest BCUT2D eigenvalue weighted by Gasteiger charge is 2.02. The topological polar surface area (TPSA) is 72.3 Å². The van der Waals surface area contributed by atoms with Crippen molar-refractivity contribution < 1.29 is 14.6 Å². The molecule has 1 N–H and O–H groups in total. The lowest BCUT2D eigenvalue weighted by Crippen LogP contribution is -1.99. The number of nitrogens with zero attached hydrogens (tertiary/aromatic N) is 2. The van der Waals surface area contributed by atoms with E-state index < -0.39 is 0 Å². The van der Waals surface area contributed by atoms with Crippen molar-refractivity contribution in [3.63, 3.8) is 0 Å². The number of hydrogen-bond acceptors (Lipinski definition) is 7. The smallest absolute Gasteiger partial charge is 0.303 e. The molecule has 5 nitrogen and oxygen atoms in total. The average molecular weight is 300 g/mol. The van der Waals surface area contributed by atoms with Crippen LogP contribution in [0.5, 0.6) is 0 Å². The van der Waals surface area contributed by atoms with Crippen molar-refractivity contribution in [3.05, 3.63) is 32.2 Å². The summed E-state index contributed by atoms with van der Waals surface area (Å²) < 4.78 is 4.77. The summed E-state index contributed by atoms with van der Waals surface area (Å²) >= 11 is 3.11. The van der Waals surface area contributed by atoms with E-state index in [1.54, 1.807) is 33.7 Å². The van der Waals surface area contributed by atoms with E-state index in [0.717, 1.165) is 21.1 Å². The molecule has 0 aliphatic heterocycles. The molecule has 0 amide bonds. The first-order valence-corrected chi connectivity index (χ1v) is 7.32. The summed E-state index contributed by atoms with van der Waals surface area (Å²) in [5.41, 5.74) is 5.13. The number of rotatable bonds is 3. The number of ether oxygens (including phenoxy) is 1. The fraction of sp³-hybridized carbons (Fsp3) is 0.417. The summed E-state index contributed by atoms with van der Waals surface area (Å²) in [6.07, 6.45) is 0. The second kappa shape index (κ2) is 7.98. The third-order valence-electron chi connectivity index (χ3n) is 2.25. The molecule has 0 aliphatic rings. The Kier molecular flexibility index (Phi) is 6.61. The average Bonchev–Trinajstić information content (AvgIpc) is 2.96. The van der Waals surface area contributed by atoms with Crippen LogP contribution >= 0.6 is 22.7 Å². The molecule has 2 aromatic rings. The van der Waals surface area contributed by atoms with Crippen LogP contribution in [0, 0.1) is 13.8 Å². The Labute approximate surface area is 119 Å². The van der Waals surface area contributed by atoms with E-state index in [1.165, 1.54) is 6.92 Å². The van der Waals surface area contributed by atoms with Crippen LogP contribution in [0.1, 0.15) is 28.1 Å². The number of aliphatic hydroxyl groups excluding tert-OH is 1. The van der Waals surface area contributed by atoms with E-state index in [2.05, 4.69) is 9.97 Å². The van der Waals surface area contributed by atoms with Gasteiger partial charge in [0.05, 0.1) is 29.0 Å². The number of esters is 1. The van der Waals surface area contributed by atoms with Crippen molar-refractivity contribution in [2.24, 2.45) is 0 Å². The minimum atomic E-state index is -0.266. The van der Waals surface area contributed by atoms with E-state index >= 15 is 0 Å². The van der Waals surface area contributed by atoms with Crippen LogP contribution in [-0.4, -0.2) is 21.0 Å². The molecule has 0 saturated heterocycles. The van der Waals surface area contributed by atoms with Gasteiger partial charge in [-0.05, 0) is 13.8 Å². The van der Waals surface area contributed by atoms with Crippen molar-refractivity contribution in [3.8, 4) is 0 Å². The number of carbonyl (C=O) groups excluding carboxylic acids is 1. The lowest BCUT2D eigenvalue weighted by atomic mass is 10.4. The summed E-state index contributed by atoms with van der Waals surface area (Å²) in [7, 11) is 0. The number of thiazole rings is 2. The Hall–Kier alpha value is -1.31. The zero-order valence-corrected chi connectivity index (χ0v) is 12.7. The maximum absolute atomic E-state index is 10.4. The highest BCUT2D eigenvalue weighted by atomic mass is 32.1. The molecule has 2 heterocycles. The zero-order chi connectivity index (χ0) is 14.3. The first-order valence-electron chi connectivity index (χ1n) is 5.56. The molecule has 2 rings (SSSR count). The number of carbonyl (C=O) groups is 1. The second-order valence-corrected chi connectivity index (χ2v) is 5.77. The van der Waals surface area contributed by atoms with Gasteiger partial charge in [-0.15, -0.1) is 22.7 Å². The van der Waals surface area contributed by atoms with Crippen LogP contribution in [0.3, 0.4) is 0 Å². The molecule has 0 bridgehead atoms. The van der Waals surface area contributed by atoms with Gasteiger partial charge in [0.15, 0.2) is 0 Å². The van der Waals surface area contributed by atoms with Gasteiger partial charge in [0.2, 0.25) is 0 Å². The summed E-state index contributed by atoms with van der Waals surface area (Å²) in [6, 6.07) is 0. The minimum absolute atomic E-state index is 0.0648.